The molecule has 106 valence electrons. The molecule has 0 bridgehead atoms. The summed E-state index contributed by atoms with van der Waals surface area (Å²) in [5.74, 6) is 1.32. The molecule has 1 saturated carbocycles. The van der Waals surface area contributed by atoms with Crippen LogP contribution in [0.3, 0.4) is 0 Å². The summed E-state index contributed by atoms with van der Waals surface area (Å²) in [7, 11) is 4.00. The van der Waals surface area contributed by atoms with Crippen LogP contribution in [-0.4, -0.2) is 31.4 Å². The number of hydrogen-bond donors (Lipinski definition) is 1. The van der Waals surface area contributed by atoms with Crippen molar-refractivity contribution >= 4 is 5.91 Å². The number of furan rings is 1. The lowest BCUT2D eigenvalue weighted by Gasteiger charge is -2.25. The van der Waals surface area contributed by atoms with Crippen molar-refractivity contribution in [3.8, 4) is 0 Å². The summed E-state index contributed by atoms with van der Waals surface area (Å²) in [4.78, 5) is 14.2. The lowest BCUT2D eigenvalue weighted by Crippen LogP contribution is -2.38. The summed E-state index contributed by atoms with van der Waals surface area (Å²) >= 11 is 0. The Morgan fingerprint density at radius 3 is 2.74 bits per heavy atom. The molecule has 1 fully saturated rings. The summed E-state index contributed by atoms with van der Waals surface area (Å²) in [5.41, 5.74) is 0. The number of carbonyl (C=O) groups is 1. The molecule has 19 heavy (non-hydrogen) atoms. The average Bonchev–Trinajstić information content (AvgIpc) is 2.93. The molecule has 1 aliphatic rings. The topological polar surface area (TPSA) is 45.5 Å². The molecule has 1 amide bonds. The van der Waals surface area contributed by atoms with Gasteiger partial charge in [0, 0.05) is 12.5 Å². The zero-order valence-corrected chi connectivity index (χ0v) is 11.9. The van der Waals surface area contributed by atoms with Crippen LogP contribution in [0.2, 0.25) is 0 Å². The van der Waals surface area contributed by atoms with Crippen LogP contribution in [-0.2, 0) is 4.79 Å². The van der Waals surface area contributed by atoms with Crippen LogP contribution in [0.4, 0.5) is 0 Å². The third-order valence-electron chi connectivity index (χ3n) is 3.94. The van der Waals surface area contributed by atoms with Gasteiger partial charge in [-0.2, -0.15) is 0 Å². The predicted molar refractivity (Wildman–Crippen MR) is 74.7 cm³/mol. The molecule has 1 aromatic heterocycles. The minimum Gasteiger partial charge on any atom is -0.468 e. The van der Waals surface area contributed by atoms with E-state index in [0.29, 0.717) is 6.54 Å². The Morgan fingerprint density at radius 2 is 2.16 bits per heavy atom. The zero-order valence-electron chi connectivity index (χ0n) is 11.9. The molecule has 1 heterocycles. The molecule has 1 N–H and O–H groups in total. The lowest BCUT2D eigenvalue weighted by molar-refractivity contribution is -0.126. The maximum absolute atomic E-state index is 12.1. The summed E-state index contributed by atoms with van der Waals surface area (Å²) in [6, 6.07) is 3.94. The predicted octanol–water partition coefficient (Wildman–Crippen LogP) is 2.58. The van der Waals surface area contributed by atoms with E-state index in [-0.39, 0.29) is 17.9 Å². The summed E-state index contributed by atoms with van der Waals surface area (Å²) < 4.78 is 5.44. The van der Waals surface area contributed by atoms with Crippen molar-refractivity contribution < 1.29 is 9.21 Å². The van der Waals surface area contributed by atoms with Crippen LogP contribution in [0, 0.1) is 5.92 Å². The Kier molecular flexibility index (Phi) is 5.02. The first kappa shape index (κ1) is 14.1. The molecule has 2 rings (SSSR count). The van der Waals surface area contributed by atoms with Gasteiger partial charge in [-0.05, 0) is 39.1 Å². The van der Waals surface area contributed by atoms with Crippen molar-refractivity contribution in [3.63, 3.8) is 0 Å². The minimum atomic E-state index is 0.0996. The van der Waals surface area contributed by atoms with E-state index in [2.05, 4.69) is 10.2 Å². The molecule has 0 spiro atoms. The van der Waals surface area contributed by atoms with Crippen molar-refractivity contribution in [2.45, 2.75) is 38.1 Å². The second kappa shape index (κ2) is 6.75. The van der Waals surface area contributed by atoms with Gasteiger partial charge in [0.15, 0.2) is 0 Å². The third kappa shape index (κ3) is 3.83. The number of nitrogens with one attached hydrogen (secondary N) is 1. The Labute approximate surface area is 115 Å². The Hall–Kier alpha value is -1.29. The van der Waals surface area contributed by atoms with Gasteiger partial charge < -0.3 is 9.73 Å². The van der Waals surface area contributed by atoms with Crippen molar-refractivity contribution in [3.05, 3.63) is 24.2 Å². The molecular weight excluding hydrogens is 240 g/mol. The number of amides is 1. The highest BCUT2D eigenvalue weighted by molar-refractivity contribution is 5.78. The molecule has 0 aromatic carbocycles. The Bertz CT molecular complexity index is 381. The van der Waals surface area contributed by atoms with Crippen LogP contribution in [0.15, 0.2) is 22.8 Å². The van der Waals surface area contributed by atoms with Gasteiger partial charge in [-0.15, -0.1) is 0 Å². The Morgan fingerprint density at radius 1 is 1.42 bits per heavy atom. The van der Waals surface area contributed by atoms with Crippen LogP contribution >= 0.6 is 0 Å². The quantitative estimate of drug-likeness (QED) is 0.889. The molecule has 4 heteroatoms. The van der Waals surface area contributed by atoms with E-state index in [1.165, 1.54) is 19.3 Å². The normalized spacial score (nSPS) is 18.5. The maximum Gasteiger partial charge on any atom is 0.223 e. The van der Waals surface area contributed by atoms with Crippen LogP contribution in [0.1, 0.15) is 43.9 Å². The third-order valence-corrected chi connectivity index (χ3v) is 3.94. The summed E-state index contributed by atoms with van der Waals surface area (Å²) in [5, 5.41) is 3.08. The molecule has 1 aliphatic carbocycles. The SMILES string of the molecule is CN(C)C(CNC(=O)C1CCCCC1)c1ccco1. The van der Waals surface area contributed by atoms with Gasteiger partial charge in [0.2, 0.25) is 5.91 Å². The van der Waals surface area contributed by atoms with E-state index in [9.17, 15) is 4.79 Å². The van der Waals surface area contributed by atoms with E-state index >= 15 is 0 Å². The highest BCUT2D eigenvalue weighted by atomic mass is 16.3. The number of nitrogens with zero attached hydrogens (tertiary/aromatic N) is 1. The molecule has 4 nitrogen and oxygen atoms in total. The summed E-state index contributed by atoms with van der Waals surface area (Å²) in [6.45, 7) is 0.607. The van der Waals surface area contributed by atoms with Crippen LogP contribution in [0.25, 0.3) is 0 Å². The number of carbonyl (C=O) groups excluding carboxylic acids is 1. The molecule has 0 aliphatic heterocycles. The van der Waals surface area contributed by atoms with E-state index < -0.39 is 0 Å². The van der Waals surface area contributed by atoms with E-state index in [1.54, 1.807) is 6.26 Å². The fourth-order valence-electron chi connectivity index (χ4n) is 2.72. The first-order valence-corrected chi connectivity index (χ1v) is 7.16. The second-order valence-corrected chi connectivity index (χ2v) is 5.57. The first-order chi connectivity index (χ1) is 9.18. The Balaban J connectivity index is 1.86. The maximum atomic E-state index is 12.1. The standard InChI is InChI=1S/C15H24N2O2/c1-17(2)13(14-9-6-10-19-14)11-16-15(18)12-7-4-3-5-8-12/h6,9-10,12-13H,3-5,7-8,11H2,1-2H3,(H,16,18). The second-order valence-electron chi connectivity index (χ2n) is 5.57. The fraction of sp³-hybridized carbons (Fsp3) is 0.667. The summed E-state index contributed by atoms with van der Waals surface area (Å²) in [6.07, 6.45) is 7.41. The van der Waals surface area contributed by atoms with Gasteiger partial charge in [-0.3, -0.25) is 9.69 Å². The van der Waals surface area contributed by atoms with Crippen molar-refractivity contribution in [1.29, 1.82) is 0 Å². The van der Waals surface area contributed by atoms with Crippen LogP contribution < -0.4 is 5.32 Å². The van der Waals surface area contributed by atoms with Crippen molar-refractivity contribution in [2.75, 3.05) is 20.6 Å². The van der Waals surface area contributed by atoms with Gasteiger partial charge >= 0.3 is 0 Å². The van der Waals surface area contributed by atoms with Gasteiger partial charge in [-0.1, -0.05) is 19.3 Å². The van der Waals surface area contributed by atoms with E-state index in [4.69, 9.17) is 4.42 Å². The fourth-order valence-corrected chi connectivity index (χ4v) is 2.72. The van der Waals surface area contributed by atoms with Crippen molar-refractivity contribution in [1.82, 2.24) is 10.2 Å². The molecule has 1 atom stereocenters. The average molecular weight is 264 g/mol. The molecule has 1 unspecified atom stereocenters. The van der Waals surface area contributed by atoms with Crippen LogP contribution in [0.5, 0.6) is 0 Å². The molecule has 0 saturated heterocycles. The van der Waals surface area contributed by atoms with E-state index in [0.717, 1.165) is 18.6 Å². The van der Waals surface area contributed by atoms with Gasteiger partial charge in [0.05, 0.1) is 12.3 Å². The lowest BCUT2D eigenvalue weighted by atomic mass is 9.88. The number of hydrogen-bond acceptors (Lipinski definition) is 3. The smallest absolute Gasteiger partial charge is 0.223 e. The highest BCUT2D eigenvalue weighted by Crippen LogP contribution is 2.24. The molecule has 0 radical (unpaired) electrons. The molecule has 1 aromatic rings. The molecular formula is C15H24N2O2. The van der Waals surface area contributed by atoms with Gasteiger partial charge in [0.25, 0.3) is 0 Å². The number of rotatable bonds is 5. The monoisotopic (exact) mass is 264 g/mol. The highest BCUT2D eigenvalue weighted by Gasteiger charge is 2.23. The van der Waals surface area contributed by atoms with Gasteiger partial charge in [0.1, 0.15) is 5.76 Å². The largest absolute Gasteiger partial charge is 0.468 e. The zero-order chi connectivity index (χ0) is 13.7. The van der Waals surface area contributed by atoms with Crippen molar-refractivity contribution in [2.24, 2.45) is 5.92 Å². The first-order valence-electron chi connectivity index (χ1n) is 7.16. The van der Waals surface area contributed by atoms with E-state index in [1.807, 2.05) is 26.2 Å². The minimum absolute atomic E-state index is 0.0996. The van der Waals surface area contributed by atoms with Gasteiger partial charge in [-0.25, -0.2) is 0 Å². The number of likely N-dealkylation sites (N-methyl/N-ethyl adjacent to an activating group) is 1.